The molecule has 0 heterocycles. The van der Waals surface area contributed by atoms with Crippen molar-refractivity contribution in [2.24, 2.45) is 5.73 Å². The summed E-state index contributed by atoms with van der Waals surface area (Å²) in [5.41, 5.74) is 3.97. The Kier molecular flexibility index (Phi) is 4.18. The molecule has 0 aliphatic rings. The molecule has 1 atom stereocenters. The quantitative estimate of drug-likeness (QED) is 0.870. The fourth-order valence-electron chi connectivity index (χ4n) is 1.43. The topological polar surface area (TPSA) is 46.2 Å². The second kappa shape index (κ2) is 5.03. The number of halogens is 4. The minimum Gasteiger partial charge on any atom is -0.388 e. The molecule has 0 aliphatic heterocycles. The van der Waals surface area contributed by atoms with Crippen LogP contribution < -0.4 is 5.73 Å². The Balaban J connectivity index is 3.24. The Morgan fingerprint density at radius 1 is 1.38 bits per heavy atom. The molecule has 3 N–H and O–H groups in total. The van der Waals surface area contributed by atoms with E-state index < -0.39 is 17.8 Å². The third-order valence-corrected chi connectivity index (χ3v) is 2.46. The Morgan fingerprint density at radius 2 is 2.00 bits per heavy atom. The van der Waals surface area contributed by atoms with Gasteiger partial charge in [0.1, 0.15) is 0 Å². The number of hydrogen-bond donors (Lipinski definition) is 2. The predicted octanol–water partition coefficient (Wildman–Crippen LogP) is 2.74. The molecule has 1 rings (SSSR count). The molecule has 0 aliphatic carbocycles. The van der Waals surface area contributed by atoms with Crippen LogP contribution in [0.15, 0.2) is 18.2 Å². The smallest absolute Gasteiger partial charge is 0.388 e. The molecule has 16 heavy (non-hydrogen) atoms. The minimum atomic E-state index is -4.53. The first-order valence-electron chi connectivity index (χ1n) is 4.61. The number of benzene rings is 1. The molecule has 90 valence electrons. The molecule has 0 saturated heterocycles. The molecule has 0 amide bonds. The normalized spacial score (nSPS) is 13.9. The second-order valence-electron chi connectivity index (χ2n) is 3.29. The Morgan fingerprint density at radius 3 is 2.50 bits per heavy atom. The van der Waals surface area contributed by atoms with Gasteiger partial charge in [-0.25, -0.2) is 0 Å². The van der Waals surface area contributed by atoms with E-state index in [2.05, 4.69) is 0 Å². The average molecular weight is 254 g/mol. The van der Waals surface area contributed by atoms with Crippen LogP contribution in [0.3, 0.4) is 0 Å². The zero-order valence-corrected chi connectivity index (χ0v) is 9.02. The predicted molar refractivity (Wildman–Crippen MR) is 55.1 cm³/mol. The third kappa shape index (κ3) is 2.87. The van der Waals surface area contributed by atoms with Crippen LogP contribution in [0.1, 0.15) is 23.7 Å². The largest absolute Gasteiger partial charge is 0.416 e. The van der Waals surface area contributed by atoms with Gasteiger partial charge in [0, 0.05) is 10.6 Å². The monoisotopic (exact) mass is 253 g/mol. The highest BCUT2D eigenvalue weighted by molar-refractivity contribution is 6.31. The average Bonchev–Trinajstić information content (AvgIpc) is 2.16. The molecule has 0 radical (unpaired) electrons. The first kappa shape index (κ1) is 13.3. The third-order valence-electron chi connectivity index (χ3n) is 2.13. The zero-order chi connectivity index (χ0) is 12.3. The highest BCUT2D eigenvalue weighted by Crippen LogP contribution is 2.38. The van der Waals surface area contributed by atoms with Crippen LogP contribution in [0.25, 0.3) is 0 Å². The lowest BCUT2D eigenvalue weighted by Crippen LogP contribution is -2.15. The van der Waals surface area contributed by atoms with Crippen molar-refractivity contribution in [3.8, 4) is 0 Å². The van der Waals surface area contributed by atoms with Gasteiger partial charge in [-0.1, -0.05) is 17.7 Å². The molecular weight excluding hydrogens is 243 g/mol. The van der Waals surface area contributed by atoms with Gasteiger partial charge in [0.25, 0.3) is 0 Å². The molecule has 0 unspecified atom stereocenters. The lowest BCUT2D eigenvalue weighted by Gasteiger charge is -2.18. The van der Waals surface area contributed by atoms with E-state index in [4.69, 9.17) is 17.3 Å². The molecule has 0 saturated carbocycles. The van der Waals surface area contributed by atoms with Gasteiger partial charge in [-0.3, -0.25) is 0 Å². The van der Waals surface area contributed by atoms with E-state index in [1.54, 1.807) is 0 Å². The summed E-state index contributed by atoms with van der Waals surface area (Å²) in [5, 5.41) is 9.48. The van der Waals surface area contributed by atoms with E-state index in [0.717, 1.165) is 6.07 Å². The van der Waals surface area contributed by atoms with Crippen molar-refractivity contribution < 1.29 is 18.3 Å². The number of hydrogen-bond acceptors (Lipinski definition) is 2. The van der Waals surface area contributed by atoms with Gasteiger partial charge in [-0.2, -0.15) is 13.2 Å². The molecule has 1 aromatic rings. The summed E-state index contributed by atoms with van der Waals surface area (Å²) in [6, 6.07) is 3.40. The van der Waals surface area contributed by atoms with Crippen LogP contribution in [-0.4, -0.2) is 11.7 Å². The summed E-state index contributed by atoms with van der Waals surface area (Å²) < 4.78 is 37.9. The molecule has 2 nitrogen and oxygen atoms in total. The molecule has 0 spiro atoms. The van der Waals surface area contributed by atoms with Crippen LogP contribution in [0.5, 0.6) is 0 Å². The first-order valence-corrected chi connectivity index (χ1v) is 4.99. The number of alkyl halides is 3. The summed E-state index contributed by atoms with van der Waals surface area (Å²) in [6.07, 6.45) is -5.79. The maximum absolute atomic E-state index is 12.6. The molecule has 0 aromatic heterocycles. The highest BCUT2D eigenvalue weighted by Gasteiger charge is 2.35. The molecular formula is C10H11ClF3NO. The van der Waals surface area contributed by atoms with Gasteiger partial charge in [-0.05, 0) is 25.1 Å². The zero-order valence-electron chi connectivity index (χ0n) is 8.26. The fraction of sp³-hybridized carbons (Fsp3) is 0.400. The van der Waals surface area contributed by atoms with Crippen LogP contribution in [0, 0.1) is 0 Å². The van der Waals surface area contributed by atoms with Crippen molar-refractivity contribution in [3.05, 3.63) is 34.3 Å². The Bertz CT molecular complexity index is 368. The van der Waals surface area contributed by atoms with Crippen LogP contribution in [-0.2, 0) is 6.18 Å². The maximum Gasteiger partial charge on any atom is 0.416 e. The van der Waals surface area contributed by atoms with E-state index in [9.17, 15) is 18.3 Å². The van der Waals surface area contributed by atoms with E-state index in [1.807, 2.05) is 0 Å². The van der Waals surface area contributed by atoms with Crippen molar-refractivity contribution in [3.63, 3.8) is 0 Å². The summed E-state index contributed by atoms with van der Waals surface area (Å²) in [5.74, 6) is 0. The fourth-order valence-corrected chi connectivity index (χ4v) is 1.73. The van der Waals surface area contributed by atoms with Crippen molar-refractivity contribution in [1.29, 1.82) is 0 Å². The van der Waals surface area contributed by atoms with Crippen molar-refractivity contribution in [2.75, 3.05) is 6.54 Å². The molecule has 0 fully saturated rings. The highest BCUT2D eigenvalue weighted by atomic mass is 35.5. The van der Waals surface area contributed by atoms with Crippen LogP contribution in [0.4, 0.5) is 13.2 Å². The van der Waals surface area contributed by atoms with Gasteiger partial charge in [0.05, 0.1) is 11.7 Å². The van der Waals surface area contributed by atoms with Gasteiger partial charge in [-0.15, -0.1) is 0 Å². The molecule has 1 aromatic carbocycles. The van der Waals surface area contributed by atoms with Gasteiger partial charge in [0.15, 0.2) is 0 Å². The van der Waals surface area contributed by atoms with Gasteiger partial charge < -0.3 is 10.8 Å². The number of aliphatic hydroxyl groups excluding tert-OH is 1. The van der Waals surface area contributed by atoms with Crippen molar-refractivity contribution >= 4 is 11.6 Å². The number of nitrogens with two attached hydrogens (primary N) is 1. The lowest BCUT2D eigenvalue weighted by atomic mass is 10.00. The second-order valence-corrected chi connectivity index (χ2v) is 3.70. The molecule has 6 heteroatoms. The van der Waals surface area contributed by atoms with Crippen LogP contribution >= 0.6 is 11.6 Å². The Labute approximate surface area is 95.8 Å². The summed E-state index contributed by atoms with van der Waals surface area (Å²) in [6.45, 7) is 0.0870. The standard InChI is InChI=1S/C10H11ClF3NO/c11-7-3-1-2-6(10(12,13)14)9(7)8(16)4-5-15/h1-3,8,16H,4-5,15H2/t8-/m0/s1. The van der Waals surface area contributed by atoms with Crippen molar-refractivity contribution in [2.45, 2.75) is 18.7 Å². The van der Waals surface area contributed by atoms with E-state index >= 15 is 0 Å². The Hall–Kier alpha value is -0.780. The summed E-state index contributed by atoms with van der Waals surface area (Å²) >= 11 is 5.67. The summed E-state index contributed by atoms with van der Waals surface area (Å²) in [4.78, 5) is 0. The summed E-state index contributed by atoms with van der Waals surface area (Å²) in [7, 11) is 0. The van der Waals surface area contributed by atoms with Crippen molar-refractivity contribution in [1.82, 2.24) is 0 Å². The van der Waals surface area contributed by atoms with Gasteiger partial charge >= 0.3 is 6.18 Å². The number of rotatable bonds is 3. The maximum atomic E-state index is 12.6. The van der Waals surface area contributed by atoms with E-state index in [-0.39, 0.29) is 23.6 Å². The van der Waals surface area contributed by atoms with Gasteiger partial charge in [0.2, 0.25) is 0 Å². The first-order chi connectivity index (χ1) is 7.38. The lowest BCUT2D eigenvalue weighted by molar-refractivity contribution is -0.139. The SMILES string of the molecule is NCC[C@H](O)c1c(Cl)cccc1C(F)(F)F. The van der Waals surface area contributed by atoms with E-state index in [0.29, 0.717) is 0 Å². The van der Waals surface area contributed by atoms with Crippen LogP contribution in [0.2, 0.25) is 5.02 Å². The molecule has 0 bridgehead atoms. The van der Waals surface area contributed by atoms with E-state index in [1.165, 1.54) is 12.1 Å². The number of aliphatic hydroxyl groups is 1. The minimum absolute atomic E-state index is 0.0345.